The number of para-hydroxylation sites is 1. The summed E-state index contributed by atoms with van der Waals surface area (Å²) in [6.07, 6.45) is 0. The number of rotatable bonds is 4. The van der Waals surface area contributed by atoms with Crippen molar-refractivity contribution < 1.29 is 8.83 Å². The first-order valence-corrected chi connectivity index (χ1v) is 17.1. The van der Waals surface area contributed by atoms with Gasteiger partial charge in [0.1, 0.15) is 28.1 Å². The minimum Gasteiger partial charge on any atom is -0.456 e. The fraction of sp³-hybridized carbons (Fsp3) is 0. The van der Waals surface area contributed by atoms with Crippen molar-refractivity contribution in [3.63, 3.8) is 0 Å². The van der Waals surface area contributed by atoms with Crippen molar-refractivity contribution in [2.75, 3.05) is 0 Å². The Morgan fingerprint density at radius 1 is 0.431 bits per heavy atom. The summed E-state index contributed by atoms with van der Waals surface area (Å²) in [5.74, 6) is 1.35. The highest BCUT2D eigenvalue weighted by molar-refractivity contribution is 6.22. The average Bonchev–Trinajstić information content (AvgIpc) is 3.89. The van der Waals surface area contributed by atoms with Crippen molar-refractivity contribution in [1.29, 1.82) is 0 Å². The Kier molecular flexibility index (Phi) is 5.89. The molecule has 0 aliphatic carbocycles. The lowest BCUT2D eigenvalue weighted by atomic mass is 9.99. The van der Waals surface area contributed by atoms with Gasteiger partial charge in [-0.05, 0) is 58.3 Å². The lowest BCUT2D eigenvalue weighted by molar-refractivity contribution is 0.630. The molecule has 0 spiro atoms. The average molecular weight is 654 g/mol. The van der Waals surface area contributed by atoms with Crippen LogP contribution in [-0.4, -0.2) is 14.5 Å². The first-order valence-electron chi connectivity index (χ1n) is 17.1. The van der Waals surface area contributed by atoms with Gasteiger partial charge in [-0.25, -0.2) is 9.97 Å². The molecule has 0 fully saturated rings. The zero-order valence-corrected chi connectivity index (χ0v) is 27.2. The highest BCUT2D eigenvalue weighted by atomic mass is 16.3. The summed E-state index contributed by atoms with van der Waals surface area (Å²) in [6.45, 7) is 0. The van der Waals surface area contributed by atoms with Crippen LogP contribution in [0.2, 0.25) is 0 Å². The second kappa shape index (κ2) is 10.8. The third-order valence-electron chi connectivity index (χ3n) is 10.0. The standard InChI is InChI=1S/C46H27N3O2/c1-3-12-29(13-4-1)42-27-37-45(51-42)44(30-14-5-2-6-15-30)48-46(47-37)49-38-22-20-31(26-36(38)43-33-16-8-7-11-28(33)19-23-39(43)49)32-21-24-41-35(25-32)34-17-9-10-18-40(34)50-41/h1-27H. The molecule has 0 aliphatic heterocycles. The molecule has 5 nitrogen and oxygen atoms in total. The largest absolute Gasteiger partial charge is 0.456 e. The number of hydrogen-bond donors (Lipinski definition) is 0. The Labute approximate surface area is 291 Å². The van der Waals surface area contributed by atoms with Gasteiger partial charge >= 0.3 is 0 Å². The Bertz CT molecular complexity index is 3130. The smallest absolute Gasteiger partial charge is 0.236 e. The number of fused-ring (bicyclic) bond motifs is 9. The van der Waals surface area contributed by atoms with Crippen LogP contribution in [0, 0.1) is 0 Å². The summed E-state index contributed by atoms with van der Waals surface area (Å²) < 4.78 is 14.9. The molecule has 0 unspecified atom stereocenters. The molecule has 11 aromatic rings. The number of hydrogen-bond acceptors (Lipinski definition) is 4. The zero-order chi connectivity index (χ0) is 33.5. The van der Waals surface area contributed by atoms with Gasteiger partial charge in [0.15, 0.2) is 5.58 Å². The van der Waals surface area contributed by atoms with Crippen molar-refractivity contribution in [1.82, 2.24) is 14.5 Å². The van der Waals surface area contributed by atoms with E-state index < -0.39 is 0 Å². The molecule has 51 heavy (non-hydrogen) atoms. The van der Waals surface area contributed by atoms with Crippen LogP contribution in [0.4, 0.5) is 0 Å². The van der Waals surface area contributed by atoms with Gasteiger partial charge in [-0.1, -0.05) is 121 Å². The molecular formula is C46H27N3O2. The Morgan fingerprint density at radius 3 is 1.94 bits per heavy atom. The SMILES string of the molecule is c1ccc(-c2cc3nc(-n4c5ccc(-c6ccc7oc8ccccc8c7c6)cc5c5c6ccccc6ccc54)nc(-c4ccccc4)c3o2)cc1. The third kappa shape index (κ3) is 4.28. The summed E-state index contributed by atoms with van der Waals surface area (Å²) in [6, 6.07) is 56.8. The highest BCUT2D eigenvalue weighted by Gasteiger charge is 2.22. The first kappa shape index (κ1) is 27.9. The van der Waals surface area contributed by atoms with Gasteiger partial charge < -0.3 is 8.83 Å². The topological polar surface area (TPSA) is 57.0 Å². The Hall–Kier alpha value is -6.98. The summed E-state index contributed by atoms with van der Waals surface area (Å²) in [5, 5.41) is 6.91. The Morgan fingerprint density at radius 2 is 1.10 bits per heavy atom. The molecule has 0 saturated carbocycles. The summed E-state index contributed by atoms with van der Waals surface area (Å²) >= 11 is 0. The molecule has 0 N–H and O–H groups in total. The minimum absolute atomic E-state index is 0.594. The second-order valence-electron chi connectivity index (χ2n) is 13.0. The normalized spacial score (nSPS) is 11.9. The molecule has 0 aliphatic rings. The summed E-state index contributed by atoms with van der Waals surface area (Å²) in [5.41, 5.74) is 10.3. The van der Waals surface area contributed by atoms with Crippen molar-refractivity contribution in [2.45, 2.75) is 0 Å². The van der Waals surface area contributed by atoms with E-state index in [1.165, 1.54) is 16.2 Å². The van der Waals surface area contributed by atoms with E-state index in [0.29, 0.717) is 11.5 Å². The second-order valence-corrected chi connectivity index (χ2v) is 13.0. The molecule has 11 rings (SSSR count). The zero-order valence-electron chi connectivity index (χ0n) is 27.2. The van der Waals surface area contributed by atoms with Crippen LogP contribution in [0.3, 0.4) is 0 Å². The number of furan rings is 2. The van der Waals surface area contributed by atoms with Gasteiger partial charge in [-0.15, -0.1) is 0 Å². The van der Waals surface area contributed by atoms with Crippen LogP contribution in [0.25, 0.3) is 105 Å². The number of aromatic nitrogens is 3. The van der Waals surface area contributed by atoms with Crippen molar-refractivity contribution in [3.8, 4) is 39.7 Å². The van der Waals surface area contributed by atoms with Gasteiger partial charge in [-0.2, -0.15) is 0 Å². The van der Waals surface area contributed by atoms with Crippen molar-refractivity contribution >= 4 is 65.6 Å². The molecule has 7 aromatic carbocycles. The maximum Gasteiger partial charge on any atom is 0.236 e. The van der Waals surface area contributed by atoms with Gasteiger partial charge in [0.25, 0.3) is 0 Å². The van der Waals surface area contributed by atoms with E-state index >= 15 is 0 Å². The predicted molar refractivity (Wildman–Crippen MR) is 207 cm³/mol. The number of nitrogens with zero attached hydrogens (tertiary/aromatic N) is 3. The minimum atomic E-state index is 0.594. The molecule has 5 heteroatoms. The van der Waals surface area contributed by atoms with E-state index in [1.54, 1.807) is 0 Å². The van der Waals surface area contributed by atoms with Gasteiger partial charge in [0, 0.05) is 38.7 Å². The molecule has 4 aromatic heterocycles. The molecule has 0 bridgehead atoms. The van der Waals surface area contributed by atoms with Crippen LogP contribution in [0.1, 0.15) is 0 Å². The van der Waals surface area contributed by atoms with Gasteiger partial charge in [0.2, 0.25) is 5.95 Å². The predicted octanol–water partition coefficient (Wildman–Crippen LogP) is 12.4. The lowest BCUT2D eigenvalue weighted by Gasteiger charge is -2.10. The van der Waals surface area contributed by atoms with Crippen LogP contribution in [0.15, 0.2) is 173 Å². The fourth-order valence-corrected chi connectivity index (χ4v) is 7.65. The summed E-state index contributed by atoms with van der Waals surface area (Å²) in [4.78, 5) is 10.5. The van der Waals surface area contributed by atoms with Crippen LogP contribution >= 0.6 is 0 Å². The molecule has 0 saturated heterocycles. The molecule has 0 amide bonds. The summed E-state index contributed by atoms with van der Waals surface area (Å²) in [7, 11) is 0. The van der Waals surface area contributed by atoms with Gasteiger partial charge in [-0.3, -0.25) is 4.57 Å². The fourth-order valence-electron chi connectivity index (χ4n) is 7.65. The van der Waals surface area contributed by atoms with E-state index in [-0.39, 0.29) is 0 Å². The van der Waals surface area contributed by atoms with Crippen molar-refractivity contribution in [2.24, 2.45) is 0 Å². The van der Waals surface area contributed by atoms with E-state index in [4.69, 9.17) is 18.8 Å². The molecule has 4 heterocycles. The molecular weight excluding hydrogens is 627 g/mol. The molecule has 0 atom stereocenters. The Balaban J connectivity index is 1.19. The highest BCUT2D eigenvalue weighted by Crippen LogP contribution is 2.41. The monoisotopic (exact) mass is 653 g/mol. The van der Waals surface area contributed by atoms with Gasteiger partial charge in [0.05, 0.1) is 11.0 Å². The van der Waals surface area contributed by atoms with E-state index in [2.05, 4.69) is 114 Å². The van der Waals surface area contributed by atoms with Crippen LogP contribution < -0.4 is 0 Å². The molecule has 238 valence electrons. The van der Waals surface area contributed by atoms with Crippen LogP contribution in [-0.2, 0) is 0 Å². The molecule has 0 radical (unpaired) electrons. The van der Waals surface area contributed by atoms with E-state index in [1.807, 2.05) is 54.6 Å². The van der Waals surface area contributed by atoms with Crippen molar-refractivity contribution in [3.05, 3.63) is 164 Å². The third-order valence-corrected chi connectivity index (χ3v) is 10.0. The van der Waals surface area contributed by atoms with E-state index in [9.17, 15) is 0 Å². The maximum absolute atomic E-state index is 6.52. The quantitative estimate of drug-likeness (QED) is 0.190. The van der Waals surface area contributed by atoms with E-state index in [0.717, 1.165) is 77.6 Å². The first-order chi connectivity index (χ1) is 25.3. The number of benzene rings is 7. The maximum atomic E-state index is 6.52. The lowest BCUT2D eigenvalue weighted by Crippen LogP contribution is -2.02. The van der Waals surface area contributed by atoms with Crippen LogP contribution in [0.5, 0.6) is 0 Å².